The summed E-state index contributed by atoms with van der Waals surface area (Å²) >= 11 is 0. The summed E-state index contributed by atoms with van der Waals surface area (Å²) in [5.74, 6) is 0.580. The van der Waals surface area contributed by atoms with Crippen LogP contribution in [0.1, 0.15) is 49.9 Å². The second-order valence-electron chi connectivity index (χ2n) is 6.19. The summed E-state index contributed by atoms with van der Waals surface area (Å²) < 4.78 is 5.86. The molecule has 2 amide bonds. The van der Waals surface area contributed by atoms with Crippen molar-refractivity contribution >= 4 is 17.5 Å². The molecule has 2 rings (SSSR count). The maximum Gasteiger partial charge on any atom is 0.319 e. The number of hydrogen-bond donors (Lipinski definition) is 2. The van der Waals surface area contributed by atoms with Crippen LogP contribution in [0.25, 0.3) is 0 Å². The number of nitrogens with one attached hydrogen (secondary N) is 2. The number of Topliss-reactive ketones (excluding diaryl/α,β-unsaturated/α-hetero) is 1. The van der Waals surface area contributed by atoms with Crippen molar-refractivity contribution in [3.8, 4) is 0 Å². The molecule has 1 aliphatic carbocycles. The maximum absolute atomic E-state index is 11.8. The highest BCUT2D eigenvalue weighted by atomic mass is 16.5. The number of ketones is 1. The lowest BCUT2D eigenvalue weighted by Gasteiger charge is -2.28. The first-order valence-corrected chi connectivity index (χ1v) is 8.33. The number of anilines is 1. The summed E-state index contributed by atoms with van der Waals surface area (Å²) in [5, 5.41) is 5.50. The van der Waals surface area contributed by atoms with Crippen molar-refractivity contribution in [2.45, 2.75) is 45.6 Å². The molecule has 1 aliphatic rings. The van der Waals surface area contributed by atoms with Gasteiger partial charge < -0.3 is 15.4 Å². The monoisotopic (exact) mass is 318 g/mol. The molecule has 23 heavy (non-hydrogen) atoms. The van der Waals surface area contributed by atoms with Gasteiger partial charge in [0.15, 0.2) is 5.78 Å². The summed E-state index contributed by atoms with van der Waals surface area (Å²) in [5.41, 5.74) is 1.19. The van der Waals surface area contributed by atoms with Gasteiger partial charge in [-0.05, 0) is 37.8 Å². The minimum Gasteiger partial charge on any atom is -0.376 e. The lowest BCUT2D eigenvalue weighted by Crippen LogP contribution is -2.34. The largest absolute Gasteiger partial charge is 0.376 e. The lowest BCUT2D eigenvalue weighted by atomic mass is 9.88. The van der Waals surface area contributed by atoms with E-state index in [1.165, 1.54) is 26.2 Å². The summed E-state index contributed by atoms with van der Waals surface area (Å²) in [4.78, 5) is 23.2. The predicted octanol–water partition coefficient (Wildman–Crippen LogP) is 3.61. The van der Waals surface area contributed by atoms with Crippen molar-refractivity contribution in [3.63, 3.8) is 0 Å². The zero-order valence-corrected chi connectivity index (χ0v) is 13.9. The van der Waals surface area contributed by atoms with Gasteiger partial charge in [-0.1, -0.05) is 31.9 Å². The smallest absolute Gasteiger partial charge is 0.319 e. The Morgan fingerprint density at radius 2 is 2.04 bits per heavy atom. The minimum absolute atomic E-state index is 0.0240. The van der Waals surface area contributed by atoms with E-state index in [1.807, 2.05) is 0 Å². The molecule has 0 unspecified atom stereocenters. The van der Waals surface area contributed by atoms with Crippen LogP contribution in [0.4, 0.5) is 10.5 Å². The Kier molecular flexibility index (Phi) is 6.59. The van der Waals surface area contributed by atoms with Gasteiger partial charge in [0.1, 0.15) is 0 Å². The molecule has 126 valence electrons. The van der Waals surface area contributed by atoms with Gasteiger partial charge in [0, 0.05) is 17.8 Å². The summed E-state index contributed by atoms with van der Waals surface area (Å²) in [7, 11) is 0. The molecular weight excluding hydrogens is 292 g/mol. The van der Waals surface area contributed by atoms with E-state index in [0.29, 0.717) is 36.4 Å². The van der Waals surface area contributed by atoms with Gasteiger partial charge in [0.25, 0.3) is 0 Å². The third kappa shape index (κ3) is 5.67. The van der Waals surface area contributed by atoms with Crippen molar-refractivity contribution < 1.29 is 14.3 Å². The number of carbonyl (C=O) groups excluding carboxylic acids is 2. The zero-order valence-electron chi connectivity index (χ0n) is 13.9. The highest BCUT2D eigenvalue weighted by Crippen LogP contribution is 2.25. The first kappa shape index (κ1) is 17.5. The summed E-state index contributed by atoms with van der Waals surface area (Å²) in [6.45, 7) is 4.73. The van der Waals surface area contributed by atoms with Gasteiger partial charge in [-0.15, -0.1) is 0 Å². The molecule has 1 aromatic rings. The molecule has 5 nitrogen and oxygen atoms in total. The third-order valence-electron chi connectivity index (χ3n) is 4.28. The number of hydrogen-bond acceptors (Lipinski definition) is 3. The lowest BCUT2D eigenvalue weighted by molar-refractivity contribution is -0.00232. The maximum atomic E-state index is 11.8. The molecule has 1 aromatic carbocycles. The topological polar surface area (TPSA) is 67.4 Å². The fraction of sp³-hybridized carbons (Fsp3) is 0.556. The zero-order chi connectivity index (χ0) is 16.7. The van der Waals surface area contributed by atoms with Crippen molar-refractivity contribution in [2.24, 2.45) is 5.92 Å². The van der Waals surface area contributed by atoms with Crippen LogP contribution in [-0.2, 0) is 4.74 Å². The number of carbonyl (C=O) groups is 2. The van der Waals surface area contributed by atoms with Gasteiger partial charge in [-0.25, -0.2) is 4.79 Å². The number of amides is 2. The van der Waals surface area contributed by atoms with Crippen LogP contribution in [0, 0.1) is 5.92 Å². The first-order chi connectivity index (χ1) is 11.1. The second kappa shape index (κ2) is 8.67. The van der Waals surface area contributed by atoms with Gasteiger partial charge in [0.2, 0.25) is 0 Å². The van der Waals surface area contributed by atoms with Crippen molar-refractivity contribution in [2.75, 3.05) is 18.5 Å². The van der Waals surface area contributed by atoms with Crippen molar-refractivity contribution in [3.05, 3.63) is 29.8 Å². The number of benzene rings is 1. The van der Waals surface area contributed by atoms with Gasteiger partial charge >= 0.3 is 6.03 Å². The van der Waals surface area contributed by atoms with E-state index < -0.39 is 0 Å². The Morgan fingerprint density at radius 1 is 1.26 bits per heavy atom. The quantitative estimate of drug-likeness (QED) is 0.622. The van der Waals surface area contributed by atoms with Gasteiger partial charge in [0.05, 0.1) is 12.7 Å². The number of urea groups is 1. The van der Waals surface area contributed by atoms with E-state index >= 15 is 0 Å². The van der Waals surface area contributed by atoms with Crippen LogP contribution < -0.4 is 10.6 Å². The van der Waals surface area contributed by atoms with Crippen LogP contribution in [0.3, 0.4) is 0 Å². The SMILES string of the molecule is CC(=O)c1cccc(NC(=O)NCCO[C@H]2CCCC[C@@H]2C)c1. The van der Waals surface area contributed by atoms with Crippen molar-refractivity contribution in [1.29, 1.82) is 0 Å². The number of ether oxygens (including phenoxy) is 1. The summed E-state index contributed by atoms with van der Waals surface area (Å²) in [6, 6.07) is 6.62. The third-order valence-corrected chi connectivity index (χ3v) is 4.28. The molecule has 0 saturated heterocycles. The van der Waals surface area contributed by atoms with Crippen molar-refractivity contribution in [1.82, 2.24) is 5.32 Å². The average molecular weight is 318 g/mol. The molecule has 0 spiro atoms. The fourth-order valence-corrected chi connectivity index (χ4v) is 2.90. The molecule has 1 saturated carbocycles. The molecule has 5 heteroatoms. The molecule has 1 fully saturated rings. The minimum atomic E-state index is -0.286. The Hall–Kier alpha value is -1.88. The van der Waals surface area contributed by atoms with Gasteiger partial charge in [-0.2, -0.15) is 0 Å². The Balaban J connectivity index is 1.69. The molecule has 0 radical (unpaired) electrons. The molecule has 2 atom stereocenters. The van der Waals surface area contributed by atoms with Gasteiger partial charge in [-0.3, -0.25) is 4.79 Å². The van der Waals surface area contributed by atoms with E-state index in [1.54, 1.807) is 24.3 Å². The van der Waals surface area contributed by atoms with E-state index in [0.717, 1.165) is 6.42 Å². The highest BCUT2D eigenvalue weighted by molar-refractivity contribution is 5.96. The standard InChI is InChI=1S/C18H26N2O3/c1-13-6-3-4-9-17(13)23-11-10-19-18(22)20-16-8-5-7-15(12-16)14(2)21/h5,7-8,12-13,17H,3-4,6,9-11H2,1-2H3,(H2,19,20,22)/t13-,17-/m0/s1. The van der Waals surface area contributed by atoms with Crippen LogP contribution in [0.15, 0.2) is 24.3 Å². The molecule has 0 heterocycles. The first-order valence-electron chi connectivity index (χ1n) is 8.33. The van der Waals surface area contributed by atoms with Crippen LogP contribution in [0.2, 0.25) is 0 Å². The van der Waals surface area contributed by atoms with Crippen LogP contribution >= 0.6 is 0 Å². The predicted molar refractivity (Wildman–Crippen MR) is 90.8 cm³/mol. The van der Waals surface area contributed by atoms with Crippen LogP contribution in [-0.4, -0.2) is 31.1 Å². The van der Waals surface area contributed by atoms with Crippen LogP contribution in [0.5, 0.6) is 0 Å². The molecule has 0 aromatic heterocycles. The van der Waals surface area contributed by atoms with E-state index in [9.17, 15) is 9.59 Å². The average Bonchev–Trinajstić information content (AvgIpc) is 2.53. The molecule has 0 bridgehead atoms. The fourth-order valence-electron chi connectivity index (χ4n) is 2.90. The van der Waals surface area contributed by atoms with E-state index in [4.69, 9.17) is 4.74 Å². The molecular formula is C18H26N2O3. The van der Waals surface area contributed by atoms with E-state index in [2.05, 4.69) is 17.6 Å². The normalized spacial score (nSPS) is 20.8. The second-order valence-corrected chi connectivity index (χ2v) is 6.19. The Morgan fingerprint density at radius 3 is 2.78 bits per heavy atom. The number of rotatable bonds is 6. The Bertz CT molecular complexity index is 545. The molecule has 0 aliphatic heterocycles. The van der Waals surface area contributed by atoms with E-state index in [-0.39, 0.29) is 11.8 Å². The summed E-state index contributed by atoms with van der Waals surface area (Å²) in [6.07, 6.45) is 5.19. The highest BCUT2D eigenvalue weighted by Gasteiger charge is 2.21. The Labute approximate surface area is 137 Å². The molecule has 2 N–H and O–H groups in total.